The van der Waals surface area contributed by atoms with Gasteiger partial charge < -0.3 is 9.88 Å². The summed E-state index contributed by atoms with van der Waals surface area (Å²) in [6.45, 7) is 3.68. The van der Waals surface area contributed by atoms with Crippen molar-refractivity contribution in [3.05, 3.63) is 52.1 Å². The number of carbonyl (C=O) groups is 1. The van der Waals surface area contributed by atoms with Crippen LogP contribution >= 0.6 is 0 Å². The molecule has 2 aliphatic rings. The van der Waals surface area contributed by atoms with Crippen molar-refractivity contribution in [2.45, 2.75) is 19.8 Å². The van der Waals surface area contributed by atoms with Gasteiger partial charge in [0.05, 0.1) is 5.52 Å². The summed E-state index contributed by atoms with van der Waals surface area (Å²) in [6, 6.07) is 7.33. The standard InChI is InChI=1S/C18H19N3O2/c1-11-6-7-12-9-21(10-13(12)8-11)17(22)16-14-4-2-3-5-15(14)19-18(23)20-16/h2-6,12-13H,7-10H2,1H3,(H,19,20,23)/t12-,13+/m0/s1. The minimum Gasteiger partial charge on any atom is -0.337 e. The number of hydrogen-bond donors (Lipinski definition) is 1. The number of hydrogen-bond acceptors (Lipinski definition) is 3. The number of allylic oxidation sites excluding steroid dienone is 2. The first-order valence-corrected chi connectivity index (χ1v) is 8.06. The van der Waals surface area contributed by atoms with Crippen molar-refractivity contribution >= 4 is 16.8 Å². The number of benzene rings is 1. The maximum atomic E-state index is 12.9. The van der Waals surface area contributed by atoms with Gasteiger partial charge in [0, 0.05) is 18.5 Å². The maximum absolute atomic E-state index is 12.9. The van der Waals surface area contributed by atoms with Crippen LogP contribution in [0.3, 0.4) is 0 Å². The quantitative estimate of drug-likeness (QED) is 0.822. The topological polar surface area (TPSA) is 66.1 Å². The van der Waals surface area contributed by atoms with Gasteiger partial charge in [-0.15, -0.1) is 0 Å². The molecule has 1 aromatic heterocycles. The Labute approximate surface area is 134 Å². The summed E-state index contributed by atoms with van der Waals surface area (Å²) in [6.07, 6.45) is 4.40. The number of para-hydroxylation sites is 1. The van der Waals surface area contributed by atoms with Crippen LogP contribution in [0.25, 0.3) is 10.9 Å². The molecule has 0 radical (unpaired) electrons. The molecule has 5 heteroatoms. The highest BCUT2D eigenvalue weighted by molar-refractivity contribution is 6.04. The highest BCUT2D eigenvalue weighted by Gasteiger charge is 2.37. The summed E-state index contributed by atoms with van der Waals surface area (Å²) in [7, 11) is 0. The third-order valence-corrected chi connectivity index (χ3v) is 5.06. The Bertz CT molecular complexity index is 868. The molecule has 1 amide bonds. The van der Waals surface area contributed by atoms with Crippen LogP contribution in [0.4, 0.5) is 0 Å². The van der Waals surface area contributed by atoms with Crippen molar-refractivity contribution in [1.82, 2.24) is 14.9 Å². The number of aromatic amines is 1. The molecule has 118 valence electrons. The summed E-state index contributed by atoms with van der Waals surface area (Å²) in [4.78, 5) is 33.2. The van der Waals surface area contributed by atoms with E-state index >= 15 is 0 Å². The highest BCUT2D eigenvalue weighted by atomic mass is 16.2. The molecule has 1 N–H and O–H groups in total. The monoisotopic (exact) mass is 309 g/mol. The van der Waals surface area contributed by atoms with Crippen LogP contribution in [0.15, 0.2) is 40.7 Å². The summed E-state index contributed by atoms with van der Waals surface area (Å²) in [5.41, 5.74) is 1.87. The van der Waals surface area contributed by atoms with E-state index in [1.165, 1.54) is 5.57 Å². The van der Waals surface area contributed by atoms with E-state index in [4.69, 9.17) is 0 Å². The molecule has 1 fully saturated rings. The number of H-pyrrole nitrogens is 1. The van der Waals surface area contributed by atoms with Crippen molar-refractivity contribution in [3.8, 4) is 0 Å². The van der Waals surface area contributed by atoms with Crippen LogP contribution in [0, 0.1) is 11.8 Å². The summed E-state index contributed by atoms with van der Waals surface area (Å²) in [5.74, 6) is 0.951. The average Bonchev–Trinajstić information content (AvgIpc) is 2.96. The fourth-order valence-electron chi connectivity index (χ4n) is 3.87. The predicted molar refractivity (Wildman–Crippen MR) is 88.2 cm³/mol. The molecular weight excluding hydrogens is 290 g/mol. The zero-order chi connectivity index (χ0) is 16.0. The van der Waals surface area contributed by atoms with Gasteiger partial charge in [-0.2, -0.15) is 4.98 Å². The van der Waals surface area contributed by atoms with Crippen LogP contribution < -0.4 is 5.69 Å². The molecule has 0 unspecified atom stereocenters. The van der Waals surface area contributed by atoms with Crippen LogP contribution in [0.2, 0.25) is 0 Å². The third-order valence-electron chi connectivity index (χ3n) is 5.06. The maximum Gasteiger partial charge on any atom is 0.346 e. The Morgan fingerprint density at radius 1 is 1.26 bits per heavy atom. The number of aromatic nitrogens is 2. The lowest BCUT2D eigenvalue weighted by Crippen LogP contribution is -2.31. The Morgan fingerprint density at radius 3 is 2.91 bits per heavy atom. The van der Waals surface area contributed by atoms with E-state index in [1.807, 2.05) is 23.1 Å². The van der Waals surface area contributed by atoms with Crippen LogP contribution in [-0.2, 0) is 0 Å². The minimum atomic E-state index is -0.471. The van der Waals surface area contributed by atoms with E-state index in [2.05, 4.69) is 23.0 Å². The van der Waals surface area contributed by atoms with E-state index in [1.54, 1.807) is 6.07 Å². The molecule has 1 aliphatic heterocycles. The van der Waals surface area contributed by atoms with Crippen molar-refractivity contribution in [2.75, 3.05) is 13.1 Å². The van der Waals surface area contributed by atoms with E-state index < -0.39 is 5.69 Å². The van der Waals surface area contributed by atoms with Crippen molar-refractivity contribution < 1.29 is 4.79 Å². The molecule has 1 aliphatic carbocycles. The molecule has 4 rings (SSSR count). The number of rotatable bonds is 1. The van der Waals surface area contributed by atoms with Crippen LogP contribution in [-0.4, -0.2) is 33.9 Å². The zero-order valence-corrected chi connectivity index (χ0v) is 13.1. The molecule has 2 heterocycles. The second-order valence-corrected chi connectivity index (χ2v) is 6.66. The van der Waals surface area contributed by atoms with Gasteiger partial charge in [-0.1, -0.05) is 29.8 Å². The predicted octanol–water partition coefficient (Wildman–Crippen LogP) is 2.35. The number of carbonyl (C=O) groups excluding carboxylic acids is 1. The fraction of sp³-hybridized carbons (Fsp3) is 0.389. The Balaban J connectivity index is 1.67. The molecule has 1 aromatic carbocycles. The average molecular weight is 309 g/mol. The molecule has 0 spiro atoms. The fourth-order valence-corrected chi connectivity index (χ4v) is 3.87. The van der Waals surface area contributed by atoms with Gasteiger partial charge >= 0.3 is 5.69 Å². The van der Waals surface area contributed by atoms with Gasteiger partial charge in [0.1, 0.15) is 5.69 Å². The molecule has 0 bridgehead atoms. The molecule has 0 saturated carbocycles. The minimum absolute atomic E-state index is 0.126. The second-order valence-electron chi connectivity index (χ2n) is 6.66. The second kappa shape index (κ2) is 5.33. The summed E-state index contributed by atoms with van der Waals surface area (Å²) >= 11 is 0. The zero-order valence-electron chi connectivity index (χ0n) is 13.1. The normalized spacial score (nSPS) is 23.7. The number of likely N-dealkylation sites (tertiary alicyclic amines) is 1. The Hall–Kier alpha value is -2.43. The largest absolute Gasteiger partial charge is 0.346 e. The third kappa shape index (κ3) is 2.46. The van der Waals surface area contributed by atoms with Gasteiger partial charge in [0.2, 0.25) is 0 Å². The molecular formula is C18H19N3O2. The van der Waals surface area contributed by atoms with Crippen LogP contribution in [0.5, 0.6) is 0 Å². The number of nitrogens with one attached hydrogen (secondary N) is 1. The van der Waals surface area contributed by atoms with E-state index in [0.29, 0.717) is 22.7 Å². The first kappa shape index (κ1) is 14.2. The van der Waals surface area contributed by atoms with Gasteiger partial charge in [-0.05, 0) is 37.7 Å². The Morgan fingerprint density at radius 2 is 2.04 bits per heavy atom. The van der Waals surface area contributed by atoms with Gasteiger partial charge in [-0.25, -0.2) is 4.79 Å². The Kier molecular flexibility index (Phi) is 3.29. The molecule has 1 saturated heterocycles. The van der Waals surface area contributed by atoms with E-state index in [9.17, 15) is 9.59 Å². The first-order chi connectivity index (χ1) is 11.1. The lowest BCUT2D eigenvalue weighted by molar-refractivity contribution is 0.0780. The molecule has 5 nitrogen and oxygen atoms in total. The first-order valence-electron chi connectivity index (χ1n) is 8.06. The smallest absolute Gasteiger partial charge is 0.337 e. The van der Waals surface area contributed by atoms with Crippen molar-refractivity contribution in [3.63, 3.8) is 0 Å². The van der Waals surface area contributed by atoms with Gasteiger partial charge in [-0.3, -0.25) is 4.79 Å². The lowest BCUT2D eigenvalue weighted by atomic mass is 9.83. The number of fused-ring (bicyclic) bond motifs is 2. The van der Waals surface area contributed by atoms with E-state index in [-0.39, 0.29) is 11.6 Å². The van der Waals surface area contributed by atoms with Crippen molar-refractivity contribution in [1.29, 1.82) is 0 Å². The number of amides is 1. The SMILES string of the molecule is CC1=CC[C@H]2CN(C(=O)c3nc(=O)[nH]c4ccccc34)C[C@H]2C1. The molecule has 23 heavy (non-hydrogen) atoms. The molecule has 2 aromatic rings. The van der Waals surface area contributed by atoms with Gasteiger partial charge in [0.15, 0.2) is 0 Å². The highest BCUT2D eigenvalue weighted by Crippen LogP contribution is 2.36. The molecule has 2 atom stereocenters. The van der Waals surface area contributed by atoms with E-state index in [0.717, 1.165) is 25.9 Å². The van der Waals surface area contributed by atoms with Gasteiger partial charge in [0.25, 0.3) is 5.91 Å². The van der Waals surface area contributed by atoms with Crippen LogP contribution in [0.1, 0.15) is 30.3 Å². The number of nitrogens with zero attached hydrogens (tertiary/aromatic N) is 2. The lowest BCUT2D eigenvalue weighted by Gasteiger charge is -2.21. The summed E-state index contributed by atoms with van der Waals surface area (Å²) < 4.78 is 0. The summed E-state index contributed by atoms with van der Waals surface area (Å²) in [5, 5.41) is 0.710. The van der Waals surface area contributed by atoms with Crippen molar-refractivity contribution in [2.24, 2.45) is 11.8 Å².